The zero-order valence-corrected chi connectivity index (χ0v) is 15.4. The number of ether oxygens (including phenoxy) is 1. The molecular formula is C18H15ClN2O3S. The Morgan fingerprint density at radius 3 is 2.48 bits per heavy atom. The molecule has 7 heteroatoms. The van der Waals surface area contributed by atoms with Gasteiger partial charge in [-0.15, -0.1) is 11.3 Å². The number of halogens is 1. The minimum absolute atomic E-state index is 0.0816. The van der Waals surface area contributed by atoms with Crippen molar-refractivity contribution in [1.82, 2.24) is 0 Å². The van der Waals surface area contributed by atoms with Crippen LogP contribution in [0.1, 0.15) is 26.4 Å². The Balaban J connectivity index is 2.32. The first-order valence-electron chi connectivity index (χ1n) is 7.24. The van der Waals surface area contributed by atoms with Gasteiger partial charge in [-0.05, 0) is 43.2 Å². The molecule has 0 radical (unpaired) electrons. The zero-order chi connectivity index (χ0) is 18.6. The molecule has 0 atom stereocenters. The van der Waals surface area contributed by atoms with Crippen LogP contribution in [-0.2, 0) is 9.53 Å². The number of nitrogens with one attached hydrogen (secondary N) is 1. The van der Waals surface area contributed by atoms with E-state index in [0.29, 0.717) is 21.2 Å². The monoisotopic (exact) mass is 374 g/mol. The number of amides is 1. The summed E-state index contributed by atoms with van der Waals surface area (Å²) in [6.07, 6.45) is 1.46. The Labute approximate surface area is 154 Å². The number of thiophene rings is 1. The van der Waals surface area contributed by atoms with Crippen molar-refractivity contribution in [3.8, 4) is 6.07 Å². The Morgan fingerprint density at radius 2 is 1.92 bits per heavy atom. The van der Waals surface area contributed by atoms with Gasteiger partial charge >= 0.3 is 5.97 Å². The molecule has 0 aliphatic rings. The number of rotatable bonds is 4. The number of hydrogen-bond donors (Lipinski definition) is 1. The van der Waals surface area contributed by atoms with Crippen LogP contribution in [0.4, 0.5) is 5.00 Å². The predicted octanol–water partition coefficient (Wildman–Crippen LogP) is 4.35. The maximum Gasteiger partial charge on any atom is 0.341 e. The van der Waals surface area contributed by atoms with Crippen molar-refractivity contribution in [1.29, 1.82) is 5.26 Å². The van der Waals surface area contributed by atoms with E-state index in [1.165, 1.54) is 24.5 Å². The molecular weight excluding hydrogens is 360 g/mol. The summed E-state index contributed by atoms with van der Waals surface area (Å²) < 4.78 is 4.77. The molecule has 2 rings (SSSR count). The van der Waals surface area contributed by atoms with Crippen molar-refractivity contribution in [2.75, 3.05) is 12.4 Å². The number of methoxy groups -OCH3 is 1. The van der Waals surface area contributed by atoms with Gasteiger partial charge in [0, 0.05) is 9.90 Å². The van der Waals surface area contributed by atoms with E-state index in [0.717, 1.165) is 10.4 Å². The van der Waals surface area contributed by atoms with Gasteiger partial charge in [-0.2, -0.15) is 5.26 Å². The van der Waals surface area contributed by atoms with Crippen LogP contribution in [0.5, 0.6) is 0 Å². The molecule has 0 bridgehead atoms. The number of anilines is 1. The number of hydrogen-bond acceptors (Lipinski definition) is 5. The predicted molar refractivity (Wildman–Crippen MR) is 98.8 cm³/mol. The lowest BCUT2D eigenvalue weighted by Gasteiger charge is -2.05. The Hall–Kier alpha value is -2.62. The average molecular weight is 375 g/mol. The molecule has 1 aromatic heterocycles. The highest BCUT2D eigenvalue weighted by atomic mass is 35.5. The average Bonchev–Trinajstić information content (AvgIpc) is 2.87. The number of nitriles is 1. The van der Waals surface area contributed by atoms with Gasteiger partial charge in [0.15, 0.2) is 0 Å². The first-order chi connectivity index (χ1) is 11.9. The largest absolute Gasteiger partial charge is 0.465 e. The van der Waals surface area contributed by atoms with E-state index in [9.17, 15) is 14.9 Å². The minimum Gasteiger partial charge on any atom is -0.465 e. The molecule has 0 spiro atoms. The standard InChI is InChI=1S/C18H15ClN2O3S/c1-10-11(2)25-17(15(10)18(23)24-3)21-16(22)13(9-20)8-12-4-6-14(19)7-5-12/h4-8H,1-3H3,(H,21,22)/b13-8-. The van der Waals surface area contributed by atoms with Crippen molar-refractivity contribution in [3.63, 3.8) is 0 Å². The highest BCUT2D eigenvalue weighted by molar-refractivity contribution is 7.16. The van der Waals surface area contributed by atoms with E-state index in [2.05, 4.69) is 5.32 Å². The lowest BCUT2D eigenvalue weighted by atomic mass is 10.1. The summed E-state index contributed by atoms with van der Waals surface area (Å²) in [4.78, 5) is 25.3. The molecule has 0 unspecified atom stereocenters. The van der Waals surface area contributed by atoms with E-state index in [1.54, 1.807) is 31.2 Å². The summed E-state index contributed by atoms with van der Waals surface area (Å²) in [5, 5.41) is 12.8. The van der Waals surface area contributed by atoms with Gasteiger partial charge in [0.05, 0.1) is 12.7 Å². The smallest absolute Gasteiger partial charge is 0.341 e. The SMILES string of the molecule is COC(=O)c1c(NC(=O)/C(C#N)=C\c2ccc(Cl)cc2)sc(C)c1C. The highest BCUT2D eigenvalue weighted by Crippen LogP contribution is 2.33. The van der Waals surface area contributed by atoms with Gasteiger partial charge in [-0.3, -0.25) is 4.79 Å². The second-order valence-corrected chi connectivity index (χ2v) is 6.82. The van der Waals surface area contributed by atoms with E-state index in [-0.39, 0.29) is 5.57 Å². The van der Waals surface area contributed by atoms with Gasteiger partial charge in [0.1, 0.15) is 16.6 Å². The Bertz CT molecular complexity index is 892. The number of aryl methyl sites for hydroxylation is 1. The van der Waals surface area contributed by atoms with Crippen molar-refractivity contribution < 1.29 is 14.3 Å². The van der Waals surface area contributed by atoms with Crippen LogP contribution in [0, 0.1) is 25.2 Å². The van der Waals surface area contributed by atoms with Gasteiger partial charge in [0.2, 0.25) is 0 Å². The quantitative estimate of drug-likeness (QED) is 0.490. The summed E-state index contributed by atoms with van der Waals surface area (Å²) in [7, 11) is 1.28. The van der Waals surface area contributed by atoms with Crippen LogP contribution in [0.15, 0.2) is 29.8 Å². The molecule has 1 aromatic carbocycles. The fourth-order valence-electron chi connectivity index (χ4n) is 2.11. The summed E-state index contributed by atoms with van der Waals surface area (Å²) in [5.74, 6) is -1.12. The van der Waals surface area contributed by atoms with E-state index < -0.39 is 11.9 Å². The summed E-state index contributed by atoms with van der Waals surface area (Å²) in [6, 6.07) is 8.61. The van der Waals surface area contributed by atoms with Crippen LogP contribution in [0.2, 0.25) is 5.02 Å². The number of carbonyl (C=O) groups is 2. The number of nitrogens with zero attached hydrogens (tertiary/aromatic N) is 1. The molecule has 128 valence electrons. The number of esters is 1. The fourth-order valence-corrected chi connectivity index (χ4v) is 3.28. The lowest BCUT2D eigenvalue weighted by molar-refractivity contribution is -0.112. The Morgan fingerprint density at radius 1 is 1.28 bits per heavy atom. The Kier molecular flexibility index (Phi) is 5.97. The van der Waals surface area contributed by atoms with Crippen molar-refractivity contribution >= 4 is 45.9 Å². The molecule has 5 nitrogen and oxygen atoms in total. The molecule has 0 saturated heterocycles. The van der Waals surface area contributed by atoms with Crippen LogP contribution in [0.3, 0.4) is 0 Å². The molecule has 25 heavy (non-hydrogen) atoms. The second kappa shape index (κ2) is 7.97. The summed E-state index contributed by atoms with van der Waals surface area (Å²) in [6.45, 7) is 3.62. The van der Waals surface area contributed by atoms with Crippen molar-refractivity contribution in [2.45, 2.75) is 13.8 Å². The number of benzene rings is 1. The number of carbonyl (C=O) groups excluding carboxylic acids is 2. The topological polar surface area (TPSA) is 79.2 Å². The van der Waals surface area contributed by atoms with Crippen LogP contribution in [0.25, 0.3) is 6.08 Å². The second-order valence-electron chi connectivity index (χ2n) is 5.15. The van der Waals surface area contributed by atoms with Crippen LogP contribution < -0.4 is 5.32 Å². The lowest BCUT2D eigenvalue weighted by Crippen LogP contribution is -2.15. The molecule has 0 fully saturated rings. The van der Waals surface area contributed by atoms with Gasteiger partial charge in [-0.1, -0.05) is 23.7 Å². The summed E-state index contributed by atoms with van der Waals surface area (Å²) >= 11 is 7.08. The zero-order valence-electron chi connectivity index (χ0n) is 13.8. The van der Waals surface area contributed by atoms with E-state index in [1.807, 2.05) is 13.0 Å². The summed E-state index contributed by atoms with van der Waals surface area (Å²) in [5.41, 5.74) is 1.64. The van der Waals surface area contributed by atoms with Crippen LogP contribution in [-0.4, -0.2) is 19.0 Å². The van der Waals surface area contributed by atoms with Gasteiger partial charge < -0.3 is 10.1 Å². The third-order valence-electron chi connectivity index (χ3n) is 3.55. The molecule has 0 aliphatic heterocycles. The molecule has 2 aromatic rings. The minimum atomic E-state index is -0.594. The van der Waals surface area contributed by atoms with Gasteiger partial charge in [0.25, 0.3) is 5.91 Å². The van der Waals surface area contributed by atoms with Gasteiger partial charge in [-0.25, -0.2) is 4.79 Å². The molecule has 1 N–H and O–H groups in total. The molecule has 0 aliphatic carbocycles. The first kappa shape index (κ1) is 18.7. The highest BCUT2D eigenvalue weighted by Gasteiger charge is 2.22. The van der Waals surface area contributed by atoms with E-state index >= 15 is 0 Å². The third kappa shape index (κ3) is 4.27. The van der Waals surface area contributed by atoms with E-state index in [4.69, 9.17) is 16.3 Å². The molecule has 1 amide bonds. The van der Waals surface area contributed by atoms with Crippen LogP contribution >= 0.6 is 22.9 Å². The maximum atomic E-state index is 12.4. The maximum absolute atomic E-state index is 12.4. The first-order valence-corrected chi connectivity index (χ1v) is 8.43. The molecule has 1 heterocycles. The molecule has 0 saturated carbocycles. The third-order valence-corrected chi connectivity index (χ3v) is 4.92. The van der Waals surface area contributed by atoms with Crippen molar-refractivity contribution in [2.24, 2.45) is 0 Å². The normalized spacial score (nSPS) is 10.9. The fraction of sp³-hybridized carbons (Fsp3) is 0.167. The van der Waals surface area contributed by atoms with Crippen molar-refractivity contribution in [3.05, 3.63) is 56.4 Å².